The molecule has 2 aromatic rings. The molecule has 0 fully saturated rings. The van der Waals surface area contributed by atoms with E-state index in [-0.39, 0.29) is 17.5 Å². The number of aryl methyl sites for hydroxylation is 1. The van der Waals surface area contributed by atoms with Gasteiger partial charge in [0.15, 0.2) is 11.6 Å². The molecule has 0 atom stereocenters. The number of hydrogen-bond donors (Lipinski definition) is 2. The van der Waals surface area contributed by atoms with Crippen LogP contribution in [0.15, 0.2) is 24.3 Å². The molecule has 0 saturated carbocycles. The summed E-state index contributed by atoms with van der Waals surface area (Å²) in [5.74, 6) is -0.587. The highest BCUT2D eigenvalue weighted by Gasteiger charge is 2.19. The Labute approximate surface area is 122 Å². The number of hydrogen-bond acceptors (Lipinski definition) is 4. The van der Waals surface area contributed by atoms with Crippen LogP contribution in [0.25, 0.3) is 0 Å². The van der Waals surface area contributed by atoms with E-state index in [2.05, 4.69) is 10.2 Å². The first kappa shape index (κ1) is 14.9. The van der Waals surface area contributed by atoms with E-state index in [9.17, 15) is 4.39 Å². The van der Waals surface area contributed by atoms with Crippen molar-refractivity contribution in [1.29, 1.82) is 5.41 Å². The summed E-state index contributed by atoms with van der Waals surface area (Å²) in [6.07, 6.45) is 1.32. The average molecular weight is 288 g/mol. The second-order valence-corrected chi connectivity index (χ2v) is 4.46. The van der Waals surface area contributed by atoms with Gasteiger partial charge in [-0.3, -0.25) is 5.41 Å². The molecule has 0 bridgehead atoms. The topological polar surface area (TPSA) is 84.9 Å². The van der Waals surface area contributed by atoms with Gasteiger partial charge in [0, 0.05) is 0 Å². The van der Waals surface area contributed by atoms with Gasteiger partial charge in [0.25, 0.3) is 0 Å². The summed E-state index contributed by atoms with van der Waals surface area (Å²) in [6, 6.07) is 6.00. The number of aromatic nitrogens is 2. The standard InChI is InChI=1S/C15H17FN4O/c1-3-9-11(4-2)19-20-15(13(9)14(17)18)21-12-8-6-5-7-10(12)16/h5-8H,3-4H2,1-2H3,(H3,17,18). The third kappa shape index (κ3) is 2.99. The van der Waals surface area contributed by atoms with Crippen LogP contribution in [0, 0.1) is 11.2 Å². The van der Waals surface area contributed by atoms with Gasteiger partial charge in [-0.15, -0.1) is 5.10 Å². The lowest BCUT2D eigenvalue weighted by Crippen LogP contribution is -2.18. The summed E-state index contributed by atoms with van der Waals surface area (Å²) in [7, 11) is 0. The van der Waals surface area contributed by atoms with Crippen molar-refractivity contribution in [2.45, 2.75) is 26.7 Å². The predicted octanol–water partition coefficient (Wildman–Crippen LogP) is 2.82. The van der Waals surface area contributed by atoms with E-state index in [0.29, 0.717) is 18.4 Å². The molecule has 0 aliphatic rings. The number of nitrogen functional groups attached to an aromatic ring is 1. The fraction of sp³-hybridized carbons (Fsp3) is 0.267. The average Bonchev–Trinajstić information content (AvgIpc) is 2.48. The number of nitrogens with one attached hydrogen (secondary N) is 1. The van der Waals surface area contributed by atoms with Gasteiger partial charge in [-0.1, -0.05) is 26.0 Å². The van der Waals surface area contributed by atoms with Crippen LogP contribution >= 0.6 is 0 Å². The lowest BCUT2D eigenvalue weighted by Gasteiger charge is -2.14. The van der Waals surface area contributed by atoms with Gasteiger partial charge < -0.3 is 10.5 Å². The number of ether oxygens (including phenoxy) is 1. The third-order valence-corrected chi connectivity index (χ3v) is 3.13. The largest absolute Gasteiger partial charge is 0.434 e. The molecule has 0 saturated heterocycles. The van der Waals surface area contributed by atoms with Crippen molar-refractivity contribution in [3.05, 3.63) is 46.9 Å². The van der Waals surface area contributed by atoms with Crippen molar-refractivity contribution in [1.82, 2.24) is 10.2 Å². The molecule has 0 unspecified atom stereocenters. The Hall–Kier alpha value is -2.50. The number of rotatable bonds is 5. The van der Waals surface area contributed by atoms with E-state index in [0.717, 1.165) is 11.3 Å². The molecule has 2 rings (SSSR count). The minimum absolute atomic E-state index is 0.0283. The second kappa shape index (κ2) is 6.30. The zero-order valence-corrected chi connectivity index (χ0v) is 12.0. The Bertz CT molecular complexity index is 673. The number of benzene rings is 1. The predicted molar refractivity (Wildman–Crippen MR) is 78.3 cm³/mol. The summed E-state index contributed by atoms with van der Waals surface area (Å²) in [4.78, 5) is 0. The number of nitrogens with zero attached hydrogens (tertiary/aromatic N) is 2. The monoisotopic (exact) mass is 288 g/mol. The molecule has 0 aliphatic heterocycles. The van der Waals surface area contributed by atoms with E-state index in [4.69, 9.17) is 15.9 Å². The molecule has 3 N–H and O–H groups in total. The van der Waals surface area contributed by atoms with Crippen LogP contribution in [-0.2, 0) is 12.8 Å². The van der Waals surface area contributed by atoms with Gasteiger partial charge in [-0.25, -0.2) is 4.39 Å². The smallest absolute Gasteiger partial charge is 0.250 e. The number of para-hydroxylation sites is 1. The summed E-state index contributed by atoms with van der Waals surface area (Å²) < 4.78 is 19.2. The van der Waals surface area contributed by atoms with Crippen molar-refractivity contribution in [2.24, 2.45) is 5.73 Å². The van der Waals surface area contributed by atoms with Gasteiger partial charge in [0.2, 0.25) is 5.88 Å². The molecule has 1 heterocycles. The van der Waals surface area contributed by atoms with Crippen LogP contribution in [0.5, 0.6) is 11.6 Å². The van der Waals surface area contributed by atoms with Crippen LogP contribution in [0.1, 0.15) is 30.7 Å². The minimum atomic E-state index is -0.508. The Balaban J connectivity index is 2.54. The molecular formula is C15H17FN4O. The maximum atomic E-state index is 13.7. The highest BCUT2D eigenvalue weighted by molar-refractivity contribution is 5.98. The fourth-order valence-corrected chi connectivity index (χ4v) is 2.14. The van der Waals surface area contributed by atoms with E-state index in [1.165, 1.54) is 12.1 Å². The van der Waals surface area contributed by atoms with Crippen LogP contribution in [-0.4, -0.2) is 16.0 Å². The molecule has 110 valence electrons. The Morgan fingerprint density at radius 1 is 1.24 bits per heavy atom. The molecule has 0 radical (unpaired) electrons. The number of nitrogens with two attached hydrogens (primary N) is 1. The molecule has 0 spiro atoms. The Morgan fingerprint density at radius 3 is 2.52 bits per heavy atom. The normalized spacial score (nSPS) is 10.4. The maximum Gasteiger partial charge on any atom is 0.250 e. The van der Waals surface area contributed by atoms with Crippen LogP contribution in [0.4, 0.5) is 4.39 Å². The van der Waals surface area contributed by atoms with Gasteiger partial charge in [-0.2, -0.15) is 5.10 Å². The molecule has 5 nitrogen and oxygen atoms in total. The first-order valence-electron chi connectivity index (χ1n) is 6.73. The molecule has 1 aromatic carbocycles. The Morgan fingerprint density at radius 2 is 1.95 bits per heavy atom. The first-order chi connectivity index (χ1) is 10.1. The number of halogens is 1. The van der Waals surface area contributed by atoms with Gasteiger partial charge >= 0.3 is 0 Å². The quantitative estimate of drug-likeness (QED) is 0.654. The van der Waals surface area contributed by atoms with Crippen molar-refractivity contribution in [3.63, 3.8) is 0 Å². The highest BCUT2D eigenvalue weighted by atomic mass is 19.1. The van der Waals surface area contributed by atoms with E-state index in [1.807, 2.05) is 13.8 Å². The van der Waals surface area contributed by atoms with E-state index < -0.39 is 5.82 Å². The third-order valence-electron chi connectivity index (χ3n) is 3.13. The highest BCUT2D eigenvalue weighted by Crippen LogP contribution is 2.28. The van der Waals surface area contributed by atoms with Crippen molar-refractivity contribution in [2.75, 3.05) is 0 Å². The fourth-order valence-electron chi connectivity index (χ4n) is 2.14. The Kier molecular flexibility index (Phi) is 4.47. The van der Waals surface area contributed by atoms with Crippen molar-refractivity contribution in [3.8, 4) is 11.6 Å². The molecule has 1 aromatic heterocycles. The molecule has 0 amide bonds. The lowest BCUT2D eigenvalue weighted by molar-refractivity contribution is 0.419. The SMILES string of the molecule is CCc1nnc(Oc2ccccc2F)c(C(=N)N)c1CC. The van der Waals surface area contributed by atoms with E-state index >= 15 is 0 Å². The summed E-state index contributed by atoms with van der Waals surface area (Å²) in [6.45, 7) is 3.89. The zero-order chi connectivity index (χ0) is 15.4. The summed E-state index contributed by atoms with van der Waals surface area (Å²) >= 11 is 0. The van der Waals surface area contributed by atoms with Crippen LogP contribution in [0.2, 0.25) is 0 Å². The summed E-state index contributed by atoms with van der Waals surface area (Å²) in [5.41, 5.74) is 7.61. The van der Waals surface area contributed by atoms with Crippen LogP contribution < -0.4 is 10.5 Å². The number of amidine groups is 1. The van der Waals surface area contributed by atoms with Gasteiger partial charge in [0.05, 0.1) is 11.3 Å². The van der Waals surface area contributed by atoms with Crippen molar-refractivity contribution >= 4 is 5.84 Å². The first-order valence-corrected chi connectivity index (χ1v) is 6.73. The molecular weight excluding hydrogens is 271 g/mol. The van der Waals surface area contributed by atoms with Crippen molar-refractivity contribution < 1.29 is 9.13 Å². The molecule has 6 heteroatoms. The summed E-state index contributed by atoms with van der Waals surface area (Å²) in [5, 5.41) is 15.8. The van der Waals surface area contributed by atoms with E-state index in [1.54, 1.807) is 12.1 Å². The van der Waals surface area contributed by atoms with Gasteiger partial charge in [-0.05, 0) is 30.5 Å². The van der Waals surface area contributed by atoms with Crippen LogP contribution in [0.3, 0.4) is 0 Å². The maximum absolute atomic E-state index is 13.7. The second-order valence-electron chi connectivity index (χ2n) is 4.46. The molecule has 0 aliphatic carbocycles. The lowest BCUT2D eigenvalue weighted by atomic mass is 10.0. The molecule has 21 heavy (non-hydrogen) atoms. The van der Waals surface area contributed by atoms with Gasteiger partial charge in [0.1, 0.15) is 5.84 Å². The zero-order valence-electron chi connectivity index (χ0n) is 12.0. The minimum Gasteiger partial charge on any atom is -0.434 e.